The van der Waals surface area contributed by atoms with E-state index in [9.17, 15) is 18.0 Å². The lowest BCUT2D eigenvalue weighted by Crippen LogP contribution is -2.43. The van der Waals surface area contributed by atoms with Crippen molar-refractivity contribution >= 4 is 39.3 Å². The number of fused-ring (bicyclic) bond motifs is 1. The molecule has 9 heteroatoms. The van der Waals surface area contributed by atoms with Gasteiger partial charge in [-0.3, -0.25) is 19.3 Å². The molecule has 1 fully saturated rings. The fourth-order valence-electron chi connectivity index (χ4n) is 4.01. The smallest absolute Gasteiger partial charge is 0.261 e. The Balaban J connectivity index is 1.54. The molecular formula is C23H25N3O5S. The van der Waals surface area contributed by atoms with Crippen molar-refractivity contribution in [1.29, 1.82) is 0 Å². The van der Waals surface area contributed by atoms with Gasteiger partial charge in [0.1, 0.15) is 11.7 Å². The number of nitrogens with one attached hydrogen (secondary N) is 2. The first kappa shape index (κ1) is 22.0. The Morgan fingerprint density at radius 1 is 1.09 bits per heavy atom. The molecule has 1 atom stereocenters. The third-order valence-corrected chi connectivity index (χ3v) is 7.12. The number of Topliss-reactive ketones (excluding diaryl/α,β-unsaturated/α-hetero) is 1. The molecule has 0 saturated heterocycles. The zero-order valence-electron chi connectivity index (χ0n) is 17.7. The van der Waals surface area contributed by atoms with Crippen LogP contribution in [0.15, 0.2) is 52.4 Å². The van der Waals surface area contributed by atoms with E-state index in [1.807, 2.05) is 0 Å². The molecule has 1 amide bonds. The zero-order chi connectivity index (χ0) is 22.7. The summed E-state index contributed by atoms with van der Waals surface area (Å²) in [5, 5.41) is 2.94. The molecule has 2 aliphatic rings. The standard InChI is InChI=1S/C23H25N3O5S/c1-31-17-9-5-8-16(12-17)26-32(29,30)18-10-11-21-19(13-18)22(27)20(14-24-21)23(28)25-15-6-3-2-4-7-15/h5,8-15,20,26H,2-4,6-7H2,1H3,(H,25,28). The first-order valence-corrected chi connectivity index (χ1v) is 12.1. The SMILES string of the molecule is COc1cccc(NS(=O)(=O)c2ccc3c(c2)C(=O)C(C(=O)NC2CCCCC2)C=N3)c1. The molecular weight excluding hydrogens is 430 g/mol. The van der Waals surface area contributed by atoms with Gasteiger partial charge in [-0.2, -0.15) is 0 Å². The molecule has 2 aromatic carbocycles. The van der Waals surface area contributed by atoms with Crippen molar-refractivity contribution in [3.63, 3.8) is 0 Å². The van der Waals surface area contributed by atoms with Crippen LogP contribution in [-0.2, 0) is 14.8 Å². The largest absolute Gasteiger partial charge is 0.497 e. The van der Waals surface area contributed by atoms with Gasteiger partial charge in [0.2, 0.25) is 5.91 Å². The van der Waals surface area contributed by atoms with Crippen LogP contribution in [0, 0.1) is 5.92 Å². The van der Waals surface area contributed by atoms with E-state index in [4.69, 9.17) is 4.74 Å². The van der Waals surface area contributed by atoms with E-state index in [-0.39, 0.29) is 22.4 Å². The van der Waals surface area contributed by atoms with Crippen LogP contribution in [0.25, 0.3) is 0 Å². The molecule has 8 nitrogen and oxygen atoms in total. The van der Waals surface area contributed by atoms with Crippen LogP contribution in [0.2, 0.25) is 0 Å². The number of anilines is 1. The van der Waals surface area contributed by atoms with Gasteiger partial charge < -0.3 is 10.1 Å². The molecule has 1 aliphatic carbocycles. The quantitative estimate of drug-likeness (QED) is 0.648. The molecule has 4 rings (SSSR count). The number of ether oxygens (including phenoxy) is 1. The molecule has 32 heavy (non-hydrogen) atoms. The average Bonchev–Trinajstić information content (AvgIpc) is 2.79. The third-order valence-electron chi connectivity index (χ3n) is 5.74. The Hall–Kier alpha value is -3.20. The number of ketones is 1. The normalized spacial score (nSPS) is 18.7. The lowest BCUT2D eigenvalue weighted by molar-refractivity contribution is -0.122. The number of rotatable bonds is 6. The molecule has 2 aromatic rings. The van der Waals surface area contributed by atoms with E-state index in [0.717, 1.165) is 32.1 Å². The summed E-state index contributed by atoms with van der Waals surface area (Å²) >= 11 is 0. The number of sulfonamides is 1. The minimum Gasteiger partial charge on any atom is -0.497 e. The fourth-order valence-corrected chi connectivity index (χ4v) is 5.08. The van der Waals surface area contributed by atoms with E-state index < -0.39 is 21.7 Å². The highest BCUT2D eigenvalue weighted by molar-refractivity contribution is 7.92. The predicted octanol–water partition coefficient (Wildman–Crippen LogP) is 3.46. The van der Waals surface area contributed by atoms with Crippen molar-refractivity contribution in [3.05, 3.63) is 48.0 Å². The summed E-state index contributed by atoms with van der Waals surface area (Å²) in [5.41, 5.74) is 0.790. The lowest BCUT2D eigenvalue weighted by atomic mass is 9.91. The molecule has 1 saturated carbocycles. The van der Waals surface area contributed by atoms with E-state index in [1.54, 1.807) is 24.3 Å². The predicted molar refractivity (Wildman–Crippen MR) is 121 cm³/mol. The Kier molecular flexibility index (Phi) is 6.27. The Morgan fingerprint density at radius 3 is 2.62 bits per heavy atom. The van der Waals surface area contributed by atoms with Crippen LogP contribution >= 0.6 is 0 Å². The summed E-state index contributed by atoms with van der Waals surface area (Å²) < 4.78 is 33.4. The van der Waals surface area contributed by atoms with Crippen molar-refractivity contribution < 1.29 is 22.7 Å². The van der Waals surface area contributed by atoms with Crippen LogP contribution in [0.4, 0.5) is 11.4 Å². The number of aliphatic imine (C=N–C) groups is 1. The second kappa shape index (κ2) is 9.12. The van der Waals surface area contributed by atoms with Gasteiger partial charge in [0, 0.05) is 23.9 Å². The molecule has 0 spiro atoms. The van der Waals surface area contributed by atoms with E-state index in [0.29, 0.717) is 17.1 Å². The summed E-state index contributed by atoms with van der Waals surface area (Å²) in [6, 6.07) is 10.7. The number of carbonyl (C=O) groups excluding carboxylic acids is 2. The van der Waals surface area contributed by atoms with Gasteiger partial charge in [0.15, 0.2) is 5.78 Å². The number of methoxy groups -OCH3 is 1. The van der Waals surface area contributed by atoms with Crippen LogP contribution in [-0.4, -0.2) is 39.5 Å². The molecule has 0 aromatic heterocycles. The third kappa shape index (κ3) is 4.67. The number of hydrogen-bond donors (Lipinski definition) is 2. The number of hydrogen-bond acceptors (Lipinski definition) is 6. The molecule has 1 heterocycles. The maximum Gasteiger partial charge on any atom is 0.261 e. The molecule has 0 bridgehead atoms. The zero-order valence-corrected chi connectivity index (χ0v) is 18.5. The average molecular weight is 456 g/mol. The van der Waals surface area contributed by atoms with Crippen molar-refractivity contribution in [2.75, 3.05) is 11.8 Å². The fraction of sp³-hybridized carbons (Fsp3) is 0.348. The van der Waals surface area contributed by atoms with Crippen molar-refractivity contribution in [2.45, 2.75) is 43.0 Å². The van der Waals surface area contributed by atoms with Crippen molar-refractivity contribution in [3.8, 4) is 5.75 Å². The van der Waals surface area contributed by atoms with E-state index in [1.165, 1.54) is 31.5 Å². The summed E-state index contributed by atoms with van der Waals surface area (Å²) in [4.78, 5) is 29.9. The first-order chi connectivity index (χ1) is 15.4. The van der Waals surface area contributed by atoms with Gasteiger partial charge in [-0.1, -0.05) is 25.3 Å². The van der Waals surface area contributed by atoms with Gasteiger partial charge in [-0.05, 0) is 43.2 Å². The highest BCUT2D eigenvalue weighted by atomic mass is 32.2. The van der Waals surface area contributed by atoms with Crippen LogP contribution in [0.3, 0.4) is 0 Å². The maximum atomic E-state index is 13.0. The Labute approximate surface area is 187 Å². The van der Waals surface area contributed by atoms with Gasteiger partial charge in [0.25, 0.3) is 10.0 Å². The van der Waals surface area contributed by atoms with Crippen LogP contribution in [0.1, 0.15) is 42.5 Å². The van der Waals surface area contributed by atoms with Crippen molar-refractivity contribution in [1.82, 2.24) is 5.32 Å². The molecule has 2 N–H and O–H groups in total. The summed E-state index contributed by atoms with van der Waals surface area (Å²) in [6.45, 7) is 0. The van der Waals surface area contributed by atoms with Gasteiger partial charge in [0.05, 0.1) is 23.4 Å². The minimum atomic E-state index is -3.97. The second-order valence-electron chi connectivity index (χ2n) is 7.98. The van der Waals surface area contributed by atoms with Gasteiger partial charge in [-0.15, -0.1) is 0 Å². The minimum absolute atomic E-state index is 0.0672. The molecule has 0 radical (unpaired) electrons. The Bertz CT molecular complexity index is 1170. The van der Waals surface area contributed by atoms with Gasteiger partial charge in [-0.25, -0.2) is 8.42 Å². The Morgan fingerprint density at radius 2 is 1.88 bits per heavy atom. The lowest BCUT2D eigenvalue weighted by Gasteiger charge is -2.25. The summed E-state index contributed by atoms with van der Waals surface area (Å²) in [5.74, 6) is -1.40. The number of amides is 1. The summed E-state index contributed by atoms with van der Waals surface area (Å²) in [6.07, 6.45) is 6.41. The maximum absolute atomic E-state index is 13.0. The van der Waals surface area contributed by atoms with Crippen LogP contribution < -0.4 is 14.8 Å². The first-order valence-electron chi connectivity index (χ1n) is 10.6. The topological polar surface area (TPSA) is 114 Å². The highest BCUT2D eigenvalue weighted by Crippen LogP contribution is 2.30. The van der Waals surface area contributed by atoms with Crippen molar-refractivity contribution in [2.24, 2.45) is 10.9 Å². The number of carbonyl (C=O) groups is 2. The number of benzene rings is 2. The molecule has 168 valence electrons. The second-order valence-corrected chi connectivity index (χ2v) is 9.66. The highest BCUT2D eigenvalue weighted by Gasteiger charge is 2.33. The van der Waals surface area contributed by atoms with E-state index in [2.05, 4.69) is 15.0 Å². The summed E-state index contributed by atoms with van der Waals surface area (Å²) in [7, 11) is -2.48. The number of nitrogens with zero attached hydrogens (tertiary/aromatic N) is 1. The molecule has 1 aliphatic heterocycles. The monoisotopic (exact) mass is 455 g/mol. The van der Waals surface area contributed by atoms with E-state index >= 15 is 0 Å². The van der Waals surface area contributed by atoms with Gasteiger partial charge >= 0.3 is 0 Å². The van der Waals surface area contributed by atoms with Crippen LogP contribution in [0.5, 0.6) is 5.75 Å². The molecule has 1 unspecified atom stereocenters.